The van der Waals surface area contributed by atoms with E-state index in [0.29, 0.717) is 6.42 Å². The van der Waals surface area contributed by atoms with Gasteiger partial charge in [-0.3, -0.25) is 4.79 Å². The number of carbonyl (C=O) groups is 1. The molecule has 0 fully saturated rings. The smallest absolute Gasteiger partial charge is 0.220 e. The molecule has 0 unspecified atom stereocenters. The Labute approximate surface area is 107 Å². The van der Waals surface area contributed by atoms with Crippen molar-refractivity contribution in [3.8, 4) is 0 Å². The van der Waals surface area contributed by atoms with Gasteiger partial charge < -0.3 is 10.6 Å². The van der Waals surface area contributed by atoms with Crippen molar-refractivity contribution < 1.29 is 4.79 Å². The molecule has 1 amide bonds. The van der Waals surface area contributed by atoms with Crippen molar-refractivity contribution in [1.82, 2.24) is 10.6 Å². The molecule has 1 rings (SSSR count). The Morgan fingerprint density at radius 2 is 2.00 bits per heavy atom. The van der Waals surface area contributed by atoms with E-state index in [2.05, 4.69) is 41.8 Å². The van der Waals surface area contributed by atoms with Gasteiger partial charge in [0, 0.05) is 30.7 Å². The van der Waals surface area contributed by atoms with Crippen molar-refractivity contribution in [2.24, 2.45) is 0 Å². The zero-order valence-electron chi connectivity index (χ0n) is 10.5. The van der Waals surface area contributed by atoms with Gasteiger partial charge in [0.05, 0.1) is 0 Å². The summed E-state index contributed by atoms with van der Waals surface area (Å²) in [5.41, 5.74) is 1.29. The molecule has 17 heavy (non-hydrogen) atoms. The lowest BCUT2D eigenvalue weighted by atomic mass is 10.2. The van der Waals surface area contributed by atoms with Crippen LogP contribution in [0.5, 0.6) is 0 Å². The van der Waals surface area contributed by atoms with Gasteiger partial charge in [0.1, 0.15) is 0 Å². The summed E-state index contributed by atoms with van der Waals surface area (Å²) in [6.07, 6.45) is 0.570. The third-order valence-corrected chi connectivity index (χ3v) is 3.39. The predicted molar refractivity (Wildman–Crippen MR) is 73.2 cm³/mol. The van der Waals surface area contributed by atoms with Gasteiger partial charge in [0.25, 0.3) is 0 Å². The van der Waals surface area contributed by atoms with Crippen LogP contribution in [0.4, 0.5) is 0 Å². The Morgan fingerprint density at radius 1 is 1.29 bits per heavy atom. The van der Waals surface area contributed by atoms with Gasteiger partial charge in [0.2, 0.25) is 5.91 Å². The maximum absolute atomic E-state index is 11.0. The Bertz CT molecular complexity index is 338. The van der Waals surface area contributed by atoms with Crippen LogP contribution < -0.4 is 10.6 Å². The molecule has 1 aromatic carbocycles. The number of hydrogen-bond acceptors (Lipinski definition) is 3. The van der Waals surface area contributed by atoms with Crippen molar-refractivity contribution in [2.45, 2.75) is 24.8 Å². The van der Waals surface area contributed by atoms with Crippen LogP contribution in [0.2, 0.25) is 0 Å². The maximum atomic E-state index is 11.0. The van der Waals surface area contributed by atoms with E-state index in [1.807, 2.05) is 0 Å². The highest BCUT2D eigenvalue weighted by Gasteiger charge is 1.99. The van der Waals surface area contributed by atoms with Gasteiger partial charge in [-0.25, -0.2) is 0 Å². The molecule has 3 nitrogen and oxygen atoms in total. The second kappa shape index (κ2) is 8.14. The molecule has 2 N–H and O–H groups in total. The largest absolute Gasteiger partial charge is 0.359 e. The molecule has 0 aliphatic carbocycles. The van der Waals surface area contributed by atoms with Crippen LogP contribution in [0.25, 0.3) is 0 Å². The number of carbonyl (C=O) groups excluding carboxylic acids is 1. The molecule has 0 saturated heterocycles. The van der Waals surface area contributed by atoms with Gasteiger partial charge in [-0.2, -0.15) is 0 Å². The van der Waals surface area contributed by atoms with E-state index in [1.165, 1.54) is 10.5 Å². The van der Waals surface area contributed by atoms with Crippen molar-refractivity contribution >= 4 is 17.7 Å². The molecule has 1 aromatic rings. The Balaban J connectivity index is 2.32. The summed E-state index contributed by atoms with van der Waals surface area (Å²) in [6.45, 7) is 4.01. The zero-order valence-corrected chi connectivity index (χ0v) is 11.3. The molecule has 0 spiro atoms. The van der Waals surface area contributed by atoms with E-state index >= 15 is 0 Å². The molecule has 0 heterocycles. The molecule has 4 heteroatoms. The highest BCUT2D eigenvalue weighted by atomic mass is 32.2. The Hall–Kier alpha value is -1.00. The number of rotatable bonds is 7. The summed E-state index contributed by atoms with van der Waals surface area (Å²) in [5.74, 6) is 0.924. The van der Waals surface area contributed by atoms with Crippen LogP contribution in [-0.4, -0.2) is 25.3 Å². The lowest BCUT2D eigenvalue weighted by Crippen LogP contribution is -2.17. The Kier molecular flexibility index (Phi) is 6.74. The number of benzene rings is 1. The van der Waals surface area contributed by atoms with E-state index in [9.17, 15) is 4.79 Å². The van der Waals surface area contributed by atoms with Crippen LogP contribution in [-0.2, 0) is 11.3 Å². The number of nitrogens with one attached hydrogen (secondary N) is 2. The highest BCUT2D eigenvalue weighted by Crippen LogP contribution is 2.19. The first kappa shape index (κ1) is 14.1. The molecular weight excluding hydrogens is 232 g/mol. The number of hydrogen-bond donors (Lipinski definition) is 2. The van der Waals surface area contributed by atoms with E-state index in [-0.39, 0.29) is 5.91 Å². The molecule has 0 atom stereocenters. The minimum atomic E-state index is 0.0984. The summed E-state index contributed by atoms with van der Waals surface area (Å²) in [7, 11) is 1.67. The van der Waals surface area contributed by atoms with Crippen molar-refractivity contribution in [1.29, 1.82) is 0 Å². The molecule has 0 radical (unpaired) electrons. The van der Waals surface area contributed by atoms with E-state index in [1.54, 1.807) is 18.8 Å². The molecule has 0 saturated carbocycles. The van der Waals surface area contributed by atoms with Gasteiger partial charge >= 0.3 is 0 Å². The van der Waals surface area contributed by atoms with E-state index < -0.39 is 0 Å². The summed E-state index contributed by atoms with van der Waals surface area (Å²) >= 11 is 1.72. The molecule has 94 valence electrons. The van der Waals surface area contributed by atoms with Crippen molar-refractivity contribution in [3.63, 3.8) is 0 Å². The standard InChI is InChI=1S/C13H20N2OS/c1-3-15-10-11-4-6-12(7-5-11)17-9-8-13(16)14-2/h4-7,15H,3,8-10H2,1-2H3,(H,14,16). The van der Waals surface area contributed by atoms with Gasteiger partial charge in [-0.15, -0.1) is 11.8 Å². The summed E-state index contributed by atoms with van der Waals surface area (Å²) in [4.78, 5) is 12.3. The average Bonchev–Trinajstić information content (AvgIpc) is 2.37. The second-order valence-corrected chi connectivity index (χ2v) is 4.86. The highest BCUT2D eigenvalue weighted by molar-refractivity contribution is 7.99. The first-order valence-corrected chi connectivity index (χ1v) is 6.88. The molecular formula is C13H20N2OS. The molecule has 0 aromatic heterocycles. The third kappa shape index (κ3) is 5.75. The first-order chi connectivity index (χ1) is 8.26. The van der Waals surface area contributed by atoms with Gasteiger partial charge in [-0.05, 0) is 24.2 Å². The zero-order chi connectivity index (χ0) is 12.5. The number of amides is 1. The normalized spacial score (nSPS) is 10.2. The first-order valence-electron chi connectivity index (χ1n) is 5.89. The summed E-state index contributed by atoms with van der Waals surface area (Å²) in [5, 5.41) is 5.91. The van der Waals surface area contributed by atoms with Crippen molar-refractivity contribution in [3.05, 3.63) is 29.8 Å². The maximum Gasteiger partial charge on any atom is 0.220 e. The minimum Gasteiger partial charge on any atom is -0.359 e. The topological polar surface area (TPSA) is 41.1 Å². The molecule has 0 aliphatic heterocycles. The summed E-state index contributed by atoms with van der Waals surface area (Å²) < 4.78 is 0. The quantitative estimate of drug-likeness (QED) is 0.730. The number of thioether (sulfide) groups is 1. The fourth-order valence-corrected chi connectivity index (χ4v) is 2.21. The van der Waals surface area contributed by atoms with Crippen molar-refractivity contribution in [2.75, 3.05) is 19.3 Å². The fourth-order valence-electron chi connectivity index (χ4n) is 1.36. The van der Waals surface area contributed by atoms with E-state index in [0.717, 1.165) is 18.8 Å². The van der Waals surface area contributed by atoms with Gasteiger partial charge in [-0.1, -0.05) is 19.1 Å². The Morgan fingerprint density at radius 3 is 2.59 bits per heavy atom. The van der Waals surface area contributed by atoms with E-state index in [4.69, 9.17) is 0 Å². The lowest BCUT2D eigenvalue weighted by molar-refractivity contribution is -0.120. The third-order valence-electron chi connectivity index (χ3n) is 2.38. The van der Waals surface area contributed by atoms with Crippen LogP contribution in [0, 0.1) is 0 Å². The summed E-state index contributed by atoms with van der Waals surface area (Å²) in [6, 6.07) is 8.48. The average molecular weight is 252 g/mol. The van der Waals surface area contributed by atoms with Gasteiger partial charge in [0.15, 0.2) is 0 Å². The SMILES string of the molecule is CCNCc1ccc(SCCC(=O)NC)cc1. The minimum absolute atomic E-state index is 0.0984. The van der Waals surface area contributed by atoms with Crippen LogP contribution in [0.15, 0.2) is 29.2 Å². The molecule has 0 bridgehead atoms. The lowest BCUT2D eigenvalue weighted by Gasteiger charge is -2.04. The van der Waals surface area contributed by atoms with Crippen LogP contribution >= 0.6 is 11.8 Å². The predicted octanol–water partition coefficient (Wildman–Crippen LogP) is 2.02. The van der Waals surface area contributed by atoms with Crippen LogP contribution in [0.1, 0.15) is 18.9 Å². The monoisotopic (exact) mass is 252 g/mol. The fraction of sp³-hybridized carbons (Fsp3) is 0.462. The second-order valence-electron chi connectivity index (χ2n) is 3.70. The molecule has 0 aliphatic rings. The van der Waals surface area contributed by atoms with Crippen LogP contribution in [0.3, 0.4) is 0 Å².